The molecule has 1 aliphatic rings. The quantitative estimate of drug-likeness (QED) is 0.365. The van der Waals surface area contributed by atoms with E-state index in [4.69, 9.17) is 5.02 Å². The molecule has 1 aliphatic heterocycles. The third kappa shape index (κ3) is 2.36. The van der Waals surface area contributed by atoms with Gasteiger partial charge in [0.2, 0.25) is 0 Å². The van der Waals surface area contributed by atoms with Crippen LogP contribution < -0.4 is 10.5 Å². The van der Waals surface area contributed by atoms with Gasteiger partial charge in [0.25, 0.3) is 0 Å². The lowest BCUT2D eigenvalue weighted by Crippen LogP contribution is -2.39. The van der Waals surface area contributed by atoms with E-state index in [9.17, 15) is 0 Å². The third-order valence-electron chi connectivity index (χ3n) is 1.22. The highest BCUT2D eigenvalue weighted by molar-refractivity contribution is 6.44. The Balaban J connectivity index is 1.98. The predicted octanol–water partition coefficient (Wildman–Crippen LogP) is -2.50. The topological polar surface area (TPSA) is 47.5 Å². The SMILES string of the molecule is O[B]N[B]N1CCNC1. The molecule has 0 bridgehead atoms. The molecule has 6 heteroatoms. The number of nitrogens with zero attached hydrogens (tertiary/aromatic N) is 1. The van der Waals surface area contributed by atoms with Crippen LogP contribution in [-0.2, 0) is 0 Å². The molecule has 48 valence electrons. The maximum atomic E-state index is 8.21. The molecular weight excluding hydrogens is 116 g/mol. The van der Waals surface area contributed by atoms with E-state index in [2.05, 4.69) is 10.5 Å². The van der Waals surface area contributed by atoms with Crippen LogP contribution in [0.15, 0.2) is 0 Å². The molecule has 1 heterocycles. The highest BCUT2D eigenvalue weighted by Gasteiger charge is 2.10. The summed E-state index contributed by atoms with van der Waals surface area (Å²) < 4.78 is 0. The minimum atomic E-state index is 0.862. The molecule has 0 atom stereocenters. The van der Waals surface area contributed by atoms with E-state index in [1.165, 1.54) is 0 Å². The molecule has 0 spiro atoms. The summed E-state index contributed by atoms with van der Waals surface area (Å²) in [6, 6.07) is 0. The van der Waals surface area contributed by atoms with Crippen LogP contribution in [0.5, 0.6) is 0 Å². The standard InChI is InChI=1S/C3H9B2N3O/c9-5-7-4-8-2-1-6-3-8/h6-7,9H,1-3H2. The lowest BCUT2D eigenvalue weighted by Gasteiger charge is -2.09. The zero-order valence-corrected chi connectivity index (χ0v) is 5.17. The fraction of sp³-hybridized carbons (Fsp3) is 1.00. The Morgan fingerprint density at radius 3 is 3.11 bits per heavy atom. The van der Waals surface area contributed by atoms with Gasteiger partial charge in [-0.3, -0.25) is 0 Å². The molecule has 0 aromatic rings. The van der Waals surface area contributed by atoms with E-state index in [1.807, 2.05) is 4.81 Å². The number of hydrogen-bond acceptors (Lipinski definition) is 4. The largest absolute Gasteiger partial charge is 0.441 e. The van der Waals surface area contributed by atoms with Gasteiger partial charge in [-0.1, -0.05) is 0 Å². The van der Waals surface area contributed by atoms with Gasteiger partial charge in [0.05, 0.1) is 0 Å². The molecular formula is C3H9B2N3O. The van der Waals surface area contributed by atoms with Gasteiger partial charge in [-0.05, 0) is 0 Å². The Morgan fingerprint density at radius 2 is 2.56 bits per heavy atom. The Labute approximate surface area is 56.2 Å². The van der Waals surface area contributed by atoms with Crippen molar-refractivity contribution in [2.24, 2.45) is 0 Å². The van der Waals surface area contributed by atoms with Gasteiger partial charge >= 0.3 is 15.2 Å². The molecule has 0 aliphatic carbocycles. The molecule has 1 fully saturated rings. The van der Waals surface area contributed by atoms with E-state index < -0.39 is 0 Å². The van der Waals surface area contributed by atoms with Crippen LogP contribution in [0.4, 0.5) is 0 Å². The van der Waals surface area contributed by atoms with E-state index in [-0.39, 0.29) is 0 Å². The van der Waals surface area contributed by atoms with Crippen molar-refractivity contribution in [3.05, 3.63) is 0 Å². The van der Waals surface area contributed by atoms with Gasteiger partial charge in [0.1, 0.15) is 0 Å². The van der Waals surface area contributed by atoms with Crippen LogP contribution in [0.25, 0.3) is 0 Å². The van der Waals surface area contributed by atoms with E-state index >= 15 is 0 Å². The molecule has 1 rings (SSSR count). The van der Waals surface area contributed by atoms with E-state index in [1.54, 1.807) is 7.55 Å². The van der Waals surface area contributed by atoms with Crippen molar-refractivity contribution in [2.45, 2.75) is 0 Å². The average molecular weight is 125 g/mol. The second-order valence-corrected chi connectivity index (χ2v) is 1.90. The van der Waals surface area contributed by atoms with Gasteiger partial charge in [-0.25, -0.2) is 0 Å². The van der Waals surface area contributed by atoms with Crippen molar-refractivity contribution in [2.75, 3.05) is 19.8 Å². The molecule has 0 saturated carbocycles. The smallest absolute Gasteiger partial charge is 0.381 e. The van der Waals surface area contributed by atoms with Crippen LogP contribution in [-0.4, -0.2) is 44.8 Å². The first-order valence-corrected chi connectivity index (χ1v) is 2.93. The monoisotopic (exact) mass is 125 g/mol. The van der Waals surface area contributed by atoms with Crippen LogP contribution in [0.2, 0.25) is 0 Å². The van der Waals surface area contributed by atoms with Gasteiger partial charge < -0.3 is 20.3 Å². The van der Waals surface area contributed by atoms with Gasteiger partial charge in [-0.2, -0.15) is 0 Å². The molecule has 2 radical (unpaired) electrons. The summed E-state index contributed by atoms with van der Waals surface area (Å²) in [6.45, 7) is 2.88. The minimum Gasteiger partial charge on any atom is -0.441 e. The lowest BCUT2D eigenvalue weighted by atomic mass is 10.0. The fourth-order valence-electron chi connectivity index (χ4n) is 0.773. The first-order chi connectivity index (χ1) is 4.43. The second-order valence-electron chi connectivity index (χ2n) is 1.90. The first-order valence-electron chi connectivity index (χ1n) is 2.93. The molecule has 0 amide bonds. The van der Waals surface area contributed by atoms with Crippen LogP contribution >= 0.6 is 0 Å². The summed E-state index contributed by atoms with van der Waals surface area (Å²) in [5, 5.41) is 13.9. The fourth-order valence-corrected chi connectivity index (χ4v) is 0.773. The molecule has 4 nitrogen and oxygen atoms in total. The molecule has 0 aromatic heterocycles. The highest BCUT2D eigenvalue weighted by atomic mass is 16.2. The molecule has 0 aromatic carbocycles. The van der Waals surface area contributed by atoms with Crippen molar-refractivity contribution < 1.29 is 5.02 Å². The Bertz CT molecular complexity index is 77.5. The Morgan fingerprint density at radius 1 is 1.67 bits per heavy atom. The van der Waals surface area contributed by atoms with Crippen LogP contribution in [0, 0.1) is 0 Å². The van der Waals surface area contributed by atoms with Crippen molar-refractivity contribution >= 4 is 15.2 Å². The summed E-state index contributed by atoms with van der Waals surface area (Å²) in [5.41, 5.74) is 0. The molecule has 9 heavy (non-hydrogen) atoms. The number of nitrogens with one attached hydrogen (secondary N) is 2. The lowest BCUT2D eigenvalue weighted by molar-refractivity contribution is 0.532. The molecule has 3 N–H and O–H groups in total. The summed E-state index contributed by atoms with van der Waals surface area (Å²) in [4.78, 5) is 2.03. The Hall–Kier alpha value is -0.0301. The Kier molecular flexibility index (Phi) is 3.06. The third-order valence-corrected chi connectivity index (χ3v) is 1.22. The summed E-state index contributed by atoms with van der Waals surface area (Å²) in [5.74, 6) is 0. The van der Waals surface area contributed by atoms with Crippen molar-refractivity contribution in [3.63, 3.8) is 0 Å². The van der Waals surface area contributed by atoms with Crippen molar-refractivity contribution in [1.29, 1.82) is 0 Å². The average Bonchev–Trinajstić information content (AvgIpc) is 2.34. The zero-order valence-electron chi connectivity index (χ0n) is 5.17. The highest BCUT2D eigenvalue weighted by Crippen LogP contribution is 1.85. The summed E-state index contributed by atoms with van der Waals surface area (Å²) in [7, 11) is 2.65. The number of rotatable bonds is 3. The first kappa shape index (κ1) is 7.08. The predicted molar refractivity (Wildman–Crippen MR) is 36.4 cm³/mol. The molecule has 1 saturated heterocycles. The number of hydrogen-bond donors (Lipinski definition) is 3. The zero-order chi connectivity index (χ0) is 6.53. The normalized spacial score (nSPS) is 20.1. The van der Waals surface area contributed by atoms with Gasteiger partial charge in [-0.15, -0.1) is 0 Å². The maximum Gasteiger partial charge on any atom is 0.381 e. The van der Waals surface area contributed by atoms with Crippen molar-refractivity contribution in [1.82, 2.24) is 15.3 Å². The maximum absolute atomic E-state index is 8.21. The van der Waals surface area contributed by atoms with E-state index in [0.717, 1.165) is 27.4 Å². The van der Waals surface area contributed by atoms with Gasteiger partial charge in [0, 0.05) is 19.8 Å². The summed E-state index contributed by atoms with van der Waals surface area (Å²) >= 11 is 0. The van der Waals surface area contributed by atoms with Crippen molar-refractivity contribution in [3.8, 4) is 0 Å². The van der Waals surface area contributed by atoms with Crippen LogP contribution in [0.3, 0.4) is 0 Å². The van der Waals surface area contributed by atoms with Gasteiger partial charge in [0.15, 0.2) is 0 Å². The minimum absolute atomic E-state index is 0.862. The molecule has 0 unspecified atom stereocenters. The van der Waals surface area contributed by atoms with Crippen LogP contribution in [0.1, 0.15) is 0 Å². The second kappa shape index (κ2) is 3.90. The summed E-state index contributed by atoms with van der Waals surface area (Å²) in [6.07, 6.45) is 0. The van der Waals surface area contributed by atoms with E-state index in [0.29, 0.717) is 0 Å².